The molecule has 9 nitrogen and oxygen atoms in total. The highest BCUT2D eigenvalue weighted by Gasteiger charge is 2.35. The molecule has 0 radical (unpaired) electrons. The average molecular weight is 392 g/mol. The summed E-state index contributed by atoms with van der Waals surface area (Å²) in [5.41, 5.74) is 1.98. The number of nitrogens with zero attached hydrogens (tertiary/aromatic N) is 4. The van der Waals surface area contributed by atoms with Gasteiger partial charge in [0, 0.05) is 36.5 Å². The minimum Gasteiger partial charge on any atom is -0.455 e. The number of nitro benzene ring substituents is 1. The molecule has 3 aromatic rings. The number of amides is 1. The van der Waals surface area contributed by atoms with E-state index < -0.39 is 11.2 Å². The fraction of sp³-hybridized carbons (Fsp3) is 0.150. The van der Waals surface area contributed by atoms with Crippen LogP contribution in [0.4, 0.5) is 5.69 Å². The van der Waals surface area contributed by atoms with Crippen molar-refractivity contribution >= 4 is 17.5 Å². The van der Waals surface area contributed by atoms with Gasteiger partial charge in [0.05, 0.1) is 10.5 Å². The van der Waals surface area contributed by atoms with Crippen LogP contribution in [0.5, 0.6) is 0 Å². The Hall–Kier alpha value is -4.01. The Balaban J connectivity index is 1.63. The molecule has 1 aliphatic heterocycles. The quantitative estimate of drug-likeness (QED) is 0.493. The van der Waals surface area contributed by atoms with Crippen molar-refractivity contribution in [1.82, 2.24) is 9.99 Å². The number of furan rings is 1. The Morgan fingerprint density at radius 1 is 1.17 bits per heavy atom. The number of benzene rings is 1. The summed E-state index contributed by atoms with van der Waals surface area (Å²) < 4.78 is 11.7. The summed E-state index contributed by atoms with van der Waals surface area (Å²) >= 11 is 0. The highest BCUT2D eigenvalue weighted by atomic mass is 16.6. The van der Waals surface area contributed by atoms with Crippen LogP contribution in [0.25, 0.3) is 11.3 Å². The van der Waals surface area contributed by atoms with Crippen molar-refractivity contribution < 1.29 is 18.9 Å². The third-order valence-electron chi connectivity index (χ3n) is 4.34. The zero-order valence-electron chi connectivity index (χ0n) is 15.6. The predicted molar refractivity (Wildman–Crippen MR) is 103 cm³/mol. The predicted octanol–water partition coefficient (Wildman–Crippen LogP) is 3.80. The van der Waals surface area contributed by atoms with E-state index in [-0.39, 0.29) is 17.5 Å². The lowest BCUT2D eigenvalue weighted by Crippen LogP contribution is -2.24. The zero-order valence-corrected chi connectivity index (χ0v) is 15.6. The minimum absolute atomic E-state index is 0.0413. The van der Waals surface area contributed by atoms with Crippen molar-refractivity contribution in [1.29, 1.82) is 0 Å². The molecule has 2 aromatic heterocycles. The van der Waals surface area contributed by atoms with E-state index >= 15 is 0 Å². The molecule has 29 heavy (non-hydrogen) atoms. The number of carbonyl (C=O) groups is 1. The van der Waals surface area contributed by atoms with Crippen molar-refractivity contribution in [3.8, 4) is 11.3 Å². The first-order valence-electron chi connectivity index (χ1n) is 8.75. The lowest BCUT2D eigenvalue weighted by molar-refractivity contribution is -0.384. The number of aromatic nitrogens is 1. The van der Waals surface area contributed by atoms with Gasteiger partial charge in [-0.05, 0) is 31.2 Å². The zero-order chi connectivity index (χ0) is 20.5. The van der Waals surface area contributed by atoms with E-state index in [0.29, 0.717) is 22.6 Å². The van der Waals surface area contributed by atoms with E-state index in [1.807, 2.05) is 13.0 Å². The molecule has 1 atom stereocenters. The van der Waals surface area contributed by atoms with Crippen LogP contribution in [-0.4, -0.2) is 26.7 Å². The monoisotopic (exact) mass is 392 g/mol. The summed E-state index contributed by atoms with van der Waals surface area (Å²) in [6.45, 7) is 3.24. The van der Waals surface area contributed by atoms with Crippen LogP contribution in [0.3, 0.4) is 0 Å². The van der Waals surface area contributed by atoms with Gasteiger partial charge in [0.25, 0.3) is 11.9 Å². The van der Waals surface area contributed by atoms with Gasteiger partial charge in [-0.15, -0.1) is 5.10 Å². The number of rotatable bonds is 4. The van der Waals surface area contributed by atoms with E-state index in [9.17, 15) is 14.9 Å². The van der Waals surface area contributed by atoms with Crippen LogP contribution < -0.4 is 0 Å². The van der Waals surface area contributed by atoms with Crippen LogP contribution >= 0.6 is 0 Å². The number of aryl methyl sites for hydroxylation is 1. The number of hydrazone groups is 1. The maximum Gasteiger partial charge on any atom is 0.270 e. The number of hydrogen-bond acceptors (Lipinski definition) is 7. The molecular weight excluding hydrogens is 376 g/mol. The van der Waals surface area contributed by atoms with Gasteiger partial charge >= 0.3 is 0 Å². The van der Waals surface area contributed by atoms with Crippen LogP contribution in [0.2, 0.25) is 0 Å². The second kappa shape index (κ2) is 7.19. The number of hydrogen-bond donors (Lipinski definition) is 0. The first-order valence-corrected chi connectivity index (χ1v) is 8.75. The lowest BCUT2D eigenvalue weighted by atomic mass is 10.1. The topological polar surface area (TPSA) is 111 Å². The number of ether oxygens (including phenoxy) is 1. The van der Waals surface area contributed by atoms with E-state index in [1.54, 1.807) is 36.5 Å². The molecule has 1 amide bonds. The van der Waals surface area contributed by atoms with E-state index in [2.05, 4.69) is 10.1 Å². The summed E-state index contributed by atoms with van der Waals surface area (Å²) in [5.74, 6) is 0.700. The number of non-ortho nitro benzene ring substituents is 1. The van der Waals surface area contributed by atoms with Crippen molar-refractivity contribution in [2.45, 2.75) is 20.1 Å². The first kappa shape index (κ1) is 18.4. The molecular formula is C20H16N4O5. The SMILES string of the molecule is CC(=O)N1N=C(c2ccc(C)nc2)OC1c1ccc(-c2cccc([N+](=O)[O-])c2)o1. The Morgan fingerprint density at radius 3 is 2.69 bits per heavy atom. The molecule has 146 valence electrons. The van der Waals surface area contributed by atoms with Gasteiger partial charge in [-0.2, -0.15) is 5.01 Å². The molecule has 0 saturated carbocycles. The maximum atomic E-state index is 12.1. The van der Waals surface area contributed by atoms with Crippen LogP contribution in [0.1, 0.15) is 30.2 Å². The van der Waals surface area contributed by atoms with Gasteiger partial charge in [0.1, 0.15) is 5.76 Å². The molecule has 3 heterocycles. The Bertz CT molecular complexity index is 1120. The highest BCUT2D eigenvalue weighted by molar-refractivity contribution is 5.96. The molecule has 4 rings (SSSR count). The molecule has 1 aliphatic rings. The van der Waals surface area contributed by atoms with Crippen molar-refractivity contribution in [2.75, 3.05) is 0 Å². The Labute approximate surface area is 165 Å². The number of nitro groups is 1. The molecule has 0 N–H and O–H groups in total. The molecule has 9 heteroatoms. The van der Waals surface area contributed by atoms with E-state index in [1.165, 1.54) is 24.1 Å². The number of carbonyl (C=O) groups excluding carboxylic acids is 1. The number of pyridine rings is 1. The van der Waals surface area contributed by atoms with Gasteiger partial charge < -0.3 is 9.15 Å². The summed E-state index contributed by atoms with van der Waals surface area (Å²) in [6.07, 6.45) is 0.738. The molecule has 1 aromatic carbocycles. The van der Waals surface area contributed by atoms with Crippen LogP contribution in [0.15, 0.2) is 64.2 Å². The fourth-order valence-corrected chi connectivity index (χ4v) is 2.88. The van der Waals surface area contributed by atoms with Crippen molar-refractivity contribution in [3.05, 3.63) is 81.9 Å². The first-order chi connectivity index (χ1) is 13.9. The molecule has 0 saturated heterocycles. The smallest absolute Gasteiger partial charge is 0.270 e. The highest BCUT2D eigenvalue weighted by Crippen LogP contribution is 2.34. The second-order valence-electron chi connectivity index (χ2n) is 6.44. The summed E-state index contributed by atoms with van der Waals surface area (Å²) in [4.78, 5) is 26.8. The van der Waals surface area contributed by atoms with E-state index in [4.69, 9.17) is 9.15 Å². The maximum absolute atomic E-state index is 12.1. The Kier molecular flexibility index (Phi) is 4.55. The third kappa shape index (κ3) is 3.57. The molecule has 0 aliphatic carbocycles. The lowest BCUT2D eigenvalue weighted by Gasteiger charge is -2.16. The third-order valence-corrected chi connectivity index (χ3v) is 4.34. The summed E-state index contributed by atoms with van der Waals surface area (Å²) in [7, 11) is 0. The normalized spacial score (nSPS) is 15.7. The average Bonchev–Trinajstić information content (AvgIpc) is 3.36. The molecule has 1 unspecified atom stereocenters. The molecule has 0 spiro atoms. The van der Waals surface area contributed by atoms with Crippen molar-refractivity contribution in [3.63, 3.8) is 0 Å². The van der Waals surface area contributed by atoms with Crippen molar-refractivity contribution in [2.24, 2.45) is 5.10 Å². The van der Waals surface area contributed by atoms with Gasteiger partial charge in [-0.25, -0.2) is 0 Å². The van der Waals surface area contributed by atoms with Gasteiger partial charge in [-0.1, -0.05) is 12.1 Å². The van der Waals surface area contributed by atoms with Gasteiger partial charge in [-0.3, -0.25) is 19.9 Å². The summed E-state index contributed by atoms with van der Waals surface area (Å²) in [5, 5.41) is 16.4. The van der Waals surface area contributed by atoms with Gasteiger partial charge in [0.15, 0.2) is 5.76 Å². The van der Waals surface area contributed by atoms with Crippen LogP contribution in [0, 0.1) is 17.0 Å². The fourth-order valence-electron chi connectivity index (χ4n) is 2.88. The Morgan fingerprint density at radius 2 is 2.00 bits per heavy atom. The van der Waals surface area contributed by atoms with Gasteiger partial charge in [0.2, 0.25) is 11.8 Å². The molecule has 0 fully saturated rings. The van der Waals surface area contributed by atoms with Crippen LogP contribution in [-0.2, 0) is 9.53 Å². The minimum atomic E-state index is -0.878. The summed E-state index contributed by atoms with van der Waals surface area (Å²) in [6, 6.07) is 13.0. The van der Waals surface area contributed by atoms with E-state index in [0.717, 1.165) is 5.69 Å². The second-order valence-corrected chi connectivity index (χ2v) is 6.44. The molecule has 0 bridgehead atoms. The largest absolute Gasteiger partial charge is 0.455 e. The standard InChI is InChI=1S/C20H16N4O5/c1-12-6-7-15(11-21-12)19-22-23(13(2)25)20(29-19)18-9-8-17(28-18)14-4-3-5-16(10-14)24(26)27/h3-11,20H,1-2H3.